The van der Waals surface area contributed by atoms with Gasteiger partial charge in [0, 0.05) is 11.1 Å². The van der Waals surface area contributed by atoms with E-state index in [0.717, 1.165) is 5.69 Å². The maximum absolute atomic E-state index is 12.2. The third-order valence-corrected chi connectivity index (χ3v) is 2.70. The van der Waals surface area contributed by atoms with Crippen molar-refractivity contribution in [2.75, 3.05) is 0 Å². The summed E-state index contributed by atoms with van der Waals surface area (Å²) in [6.45, 7) is -0.951. The zero-order chi connectivity index (χ0) is 12.4. The highest BCUT2D eigenvalue weighted by Gasteiger charge is 2.11. The van der Waals surface area contributed by atoms with E-state index in [9.17, 15) is 8.78 Å². The molecule has 0 aliphatic heterocycles. The number of halogens is 3. The van der Waals surface area contributed by atoms with Gasteiger partial charge in [-0.3, -0.25) is 0 Å². The second-order valence-corrected chi connectivity index (χ2v) is 3.89. The number of alkyl halides is 2. The Morgan fingerprint density at radius 1 is 1.41 bits per heavy atom. The summed E-state index contributed by atoms with van der Waals surface area (Å²) in [5.41, 5.74) is 1.12. The van der Waals surface area contributed by atoms with Crippen molar-refractivity contribution in [3.05, 3.63) is 35.0 Å². The molecule has 0 fully saturated rings. The molecule has 1 aromatic heterocycles. The monoisotopic (exact) mass is 257 g/mol. The third kappa shape index (κ3) is 2.47. The molecule has 2 rings (SSSR count). The Kier molecular flexibility index (Phi) is 3.43. The molecule has 0 radical (unpaired) electrons. The average Bonchev–Trinajstić information content (AvgIpc) is 2.29. The minimum absolute atomic E-state index is 0.0506. The predicted octanol–water partition coefficient (Wildman–Crippen LogP) is 4.05. The van der Waals surface area contributed by atoms with Crippen LogP contribution in [0.5, 0.6) is 5.75 Å². The van der Waals surface area contributed by atoms with Crippen LogP contribution in [0.2, 0.25) is 5.02 Å². The normalized spacial score (nSPS) is 11.1. The lowest BCUT2D eigenvalue weighted by atomic mass is 10.1. The fourth-order valence-corrected chi connectivity index (χ4v) is 1.88. The number of aryl methyl sites for hydroxylation is 1. The second kappa shape index (κ2) is 4.84. The van der Waals surface area contributed by atoms with Gasteiger partial charge in [0.25, 0.3) is 0 Å². The van der Waals surface area contributed by atoms with Crippen molar-refractivity contribution >= 4 is 22.5 Å². The molecule has 0 N–H and O–H groups in total. The smallest absolute Gasteiger partial charge is 0.387 e. The van der Waals surface area contributed by atoms with Crippen LogP contribution >= 0.6 is 11.6 Å². The first-order valence-electron chi connectivity index (χ1n) is 5.14. The van der Waals surface area contributed by atoms with E-state index >= 15 is 0 Å². The SMILES string of the molecule is CCc1cc(Cl)c2cccc(OC(F)F)c2n1. The highest BCUT2D eigenvalue weighted by atomic mass is 35.5. The van der Waals surface area contributed by atoms with Gasteiger partial charge in [0.05, 0.1) is 5.02 Å². The van der Waals surface area contributed by atoms with Crippen molar-refractivity contribution in [2.45, 2.75) is 20.0 Å². The maximum Gasteiger partial charge on any atom is 0.387 e. The van der Waals surface area contributed by atoms with Crippen molar-refractivity contribution < 1.29 is 13.5 Å². The van der Waals surface area contributed by atoms with Gasteiger partial charge in [0.1, 0.15) is 5.52 Å². The molecule has 0 bridgehead atoms. The van der Waals surface area contributed by atoms with Crippen LogP contribution in [0.4, 0.5) is 8.78 Å². The first kappa shape index (κ1) is 12.0. The maximum atomic E-state index is 12.2. The molecule has 1 aromatic carbocycles. The van der Waals surface area contributed by atoms with Crippen LogP contribution in [0.25, 0.3) is 10.9 Å². The van der Waals surface area contributed by atoms with Crippen LogP contribution in [0, 0.1) is 0 Å². The van der Waals surface area contributed by atoms with E-state index < -0.39 is 6.61 Å². The van der Waals surface area contributed by atoms with Crippen LogP contribution in [0.15, 0.2) is 24.3 Å². The zero-order valence-electron chi connectivity index (χ0n) is 9.08. The standard InChI is InChI=1S/C12H10ClF2NO/c1-2-7-6-9(13)8-4-3-5-10(11(8)16-7)17-12(14)15/h3-6,12H,2H2,1H3. The lowest BCUT2D eigenvalue weighted by Gasteiger charge is -2.09. The van der Waals surface area contributed by atoms with Gasteiger partial charge in [-0.25, -0.2) is 4.98 Å². The summed E-state index contributed by atoms with van der Waals surface area (Å²) in [5.74, 6) is 0.0506. The third-order valence-electron chi connectivity index (χ3n) is 2.38. The summed E-state index contributed by atoms with van der Waals surface area (Å²) in [4.78, 5) is 4.26. The van der Waals surface area contributed by atoms with Gasteiger partial charge in [0.15, 0.2) is 5.75 Å². The quantitative estimate of drug-likeness (QED) is 0.827. The molecule has 2 nitrogen and oxygen atoms in total. The summed E-state index contributed by atoms with van der Waals surface area (Å²) < 4.78 is 28.9. The van der Waals surface area contributed by atoms with Crippen LogP contribution < -0.4 is 4.74 Å². The Labute approximate surface area is 102 Å². The van der Waals surface area contributed by atoms with E-state index in [0.29, 0.717) is 22.3 Å². The van der Waals surface area contributed by atoms with E-state index in [4.69, 9.17) is 11.6 Å². The number of hydrogen-bond acceptors (Lipinski definition) is 2. The Bertz CT molecular complexity index is 545. The van der Waals surface area contributed by atoms with Crippen LogP contribution in [-0.4, -0.2) is 11.6 Å². The van der Waals surface area contributed by atoms with Crippen molar-refractivity contribution in [1.82, 2.24) is 4.98 Å². The fraction of sp³-hybridized carbons (Fsp3) is 0.250. The second-order valence-electron chi connectivity index (χ2n) is 3.48. The van der Waals surface area contributed by atoms with Gasteiger partial charge < -0.3 is 4.74 Å². The van der Waals surface area contributed by atoms with Crippen molar-refractivity contribution in [3.63, 3.8) is 0 Å². The molecule has 90 valence electrons. The van der Waals surface area contributed by atoms with E-state index in [-0.39, 0.29) is 5.75 Å². The van der Waals surface area contributed by atoms with Gasteiger partial charge >= 0.3 is 6.61 Å². The minimum atomic E-state index is -2.87. The molecule has 0 aliphatic carbocycles. The molecule has 0 aliphatic rings. The lowest BCUT2D eigenvalue weighted by molar-refractivity contribution is -0.0489. The summed E-state index contributed by atoms with van der Waals surface area (Å²) in [6, 6.07) is 6.52. The van der Waals surface area contributed by atoms with Crippen molar-refractivity contribution in [2.24, 2.45) is 0 Å². The lowest BCUT2D eigenvalue weighted by Crippen LogP contribution is -2.03. The molecular formula is C12H10ClF2NO. The largest absolute Gasteiger partial charge is 0.432 e. The van der Waals surface area contributed by atoms with Crippen LogP contribution in [0.3, 0.4) is 0 Å². The molecular weight excluding hydrogens is 248 g/mol. The highest BCUT2D eigenvalue weighted by Crippen LogP contribution is 2.30. The number of aromatic nitrogens is 1. The van der Waals surface area contributed by atoms with Crippen molar-refractivity contribution in [3.8, 4) is 5.75 Å². The van der Waals surface area contributed by atoms with E-state index in [1.54, 1.807) is 18.2 Å². The Morgan fingerprint density at radius 2 is 2.18 bits per heavy atom. The Hall–Kier alpha value is -1.42. The number of pyridine rings is 1. The number of fused-ring (bicyclic) bond motifs is 1. The molecule has 0 unspecified atom stereocenters. The Morgan fingerprint density at radius 3 is 2.82 bits per heavy atom. The molecule has 1 heterocycles. The molecule has 0 saturated carbocycles. The van der Waals surface area contributed by atoms with E-state index in [1.807, 2.05) is 6.92 Å². The molecule has 5 heteroatoms. The number of para-hydroxylation sites is 1. The summed E-state index contributed by atoms with van der Waals surface area (Å²) in [6.07, 6.45) is 0.679. The van der Waals surface area contributed by atoms with Gasteiger partial charge in [-0.2, -0.15) is 8.78 Å². The van der Waals surface area contributed by atoms with Crippen LogP contribution in [0.1, 0.15) is 12.6 Å². The average molecular weight is 258 g/mol. The first-order chi connectivity index (χ1) is 8.11. The predicted molar refractivity (Wildman–Crippen MR) is 62.8 cm³/mol. The summed E-state index contributed by atoms with van der Waals surface area (Å²) in [7, 11) is 0. The molecule has 0 spiro atoms. The summed E-state index contributed by atoms with van der Waals surface area (Å²) >= 11 is 6.07. The fourth-order valence-electron chi connectivity index (χ4n) is 1.60. The van der Waals surface area contributed by atoms with Gasteiger partial charge in [-0.15, -0.1) is 0 Å². The molecule has 17 heavy (non-hydrogen) atoms. The van der Waals surface area contributed by atoms with Gasteiger partial charge in [0.2, 0.25) is 0 Å². The van der Waals surface area contributed by atoms with E-state index in [2.05, 4.69) is 9.72 Å². The molecule has 2 aromatic rings. The highest BCUT2D eigenvalue weighted by molar-refractivity contribution is 6.35. The Balaban J connectivity index is 2.64. The molecule has 0 atom stereocenters. The molecule has 0 saturated heterocycles. The molecule has 0 amide bonds. The number of rotatable bonds is 3. The van der Waals surface area contributed by atoms with E-state index in [1.165, 1.54) is 6.07 Å². The summed E-state index contributed by atoms with van der Waals surface area (Å²) in [5, 5.41) is 1.11. The minimum Gasteiger partial charge on any atom is -0.432 e. The van der Waals surface area contributed by atoms with Crippen LogP contribution in [-0.2, 0) is 6.42 Å². The number of benzene rings is 1. The number of hydrogen-bond donors (Lipinski definition) is 0. The van der Waals surface area contributed by atoms with Crippen molar-refractivity contribution in [1.29, 1.82) is 0 Å². The zero-order valence-corrected chi connectivity index (χ0v) is 9.84. The van der Waals surface area contributed by atoms with Gasteiger partial charge in [-0.1, -0.05) is 30.7 Å². The first-order valence-corrected chi connectivity index (χ1v) is 5.52. The topological polar surface area (TPSA) is 22.1 Å². The van der Waals surface area contributed by atoms with Gasteiger partial charge in [-0.05, 0) is 18.6 Å². The number of nitrogens with zero attached hydrogens (tertiary/aromatic N) is 1. The number of ether oxygens (including phenoxy) is 1.